The number of benzene rings is 2. The van der Waals surface area contributed by atoms with E-state index in [4.69, 9.17) is 8.92 Å². The molecule has 2 aromatic carbocycles. The summed E-state index contributed by atoms with van der Waals surface area (Å²) in [4.78, 5) is 0.412. The minimum Gasteiger partial charge on any atom is -0.497 e. The summed E-state index contributed by atoms with van der Waals surface area (Å²) in [5.41, 5.74) is 0. The van der Waals surface area contributed by atoms with E-state index in [1.807, 2.05) is 0 Å². The lowest BCUT2D eigenvalue weighted by atomic mass is 10.3. The summed E-state index contributed by atoms with van der Waals surface area (Å²) in [6, 6.07) is 14.3. The quantitative estimate of drug-likeness (QED) is 0.669. The Bertz CT molecular complexity index is 661. The van der Waals surface area contributed by atoms with E-state index >= 15 is 0 Å². The number of halogens is 3. The van der Waals surface area contributed by atoms with Gasteiger partial charge in [-0.05, 0) is 36.4 Å². The van der Waals surface area contributed by atoms with Crippen molar-refractivity contribution in [1.82, 2.24) is 0 Å². The molecule has 0 aliphatic carbocycles. The van der Waals surface area contributed by atoms with E-state index in [0.29, 0.717) is 22.4 Å². The maximum Gasteiger partial charge on any atom is 0.401 e. The second-order valence-electron chi connectivity index (χ2n) is 4.69. The average Bonchev–Trinajstić information content (AvgIpc) is 2.55. The molecule has 2 aromatic rings. The van der Waals surface area contributed by atoms with Gasteiger partial charge < -0.3 is 8.92 Å². The summed E-state index contributed by atoms with van der Waals surface area (Å²) in [5.74, 6) is 0.167. The Morgan fingerprint density at radius 1 is 1.04 bits per heavy atom. The van der Waals surface area contributed by atoms with Crippen LogP contribution in [0.25, 0.3) is 0 Å². The Balaban J connectivity index is 2.03. The average molecular weight is 376 g/mol. The first-order valence-corrected chi connectivity index (χ1v) is 9.00. The Hall–Kier alpha value is -1.67. The molecule has 0 amide bonds. The topological polar surface area (TPSA) is 35.5 Å². The van der Waals surface area contributed by atoms with Gasteiger partial charge in [0, 0.05) is 4.90 Å². The van der Waals surface area contributed by atoms with Crippen LogP contribution >= 0.6 is 11.8 Å². The number of rotatable bonds is 7. The Labute approximate surface area is 144 Å². The lowest BCUT2D eigenvalue weighted by Crippen LogP contribution is -2.32. The third kappa shape index (κ3) is 5.76. The first kappa shape index (κ1) is 18.7. The number of hydrogen-bond acceptors (Lipinski definition) is 4. The van der Waals surface area contributed by atoms with Crippen LogP contribution in [-0.2, 0) is 11.1 Å². The van der Waals surface area contributed by atoms with Gasteiger partial charge in [0.05, 0.1) is 12.9 Å². The van der Waals surface area contributed by atoms with Crippen molar-refractivity contribution >= 4 is 22.8 Å². The van der Waals surface area contributed by atoms with Crippen molar-refractivity contribution in [3.63, 3.8) is 0 Å². The molecule has 0 spiro atoms. The smallest absolute Gasteiger partial charge is 0.401 e. The fourth-order valence-electron chi connectivity index (χ4n) is 1.75. The van der Waals surface area contributed by atoms with E-state index in [2.05, 4.69) is 0 Å². The van der Waals surface area contributed by atoms with Gasteiger partial charge in [0.1, 0.15) is 16.7 Å². The van der Waals surface area contributed by atoms with Gasteiger partial charge in [-0.1, -0.05) is 18.2 Å². The van der Waals surface area contributed by atoms with Crippen LogP contribution in [0.1, 0.15) is 0 Å². The van der Waals surface area contributed by atoms with Crippen molar-refractivity contribution in [2.24, 2.45) is 0 Å². The van der Waals surface area contributed by atoms with Gasteiger partial charge in [-0.15, -0.1) is 11.8 Å². The zero-order valence-corrected chi connectivity index (χ0v) is 14.3. The molecule has 0 aliphatic heterocycles. The van der Waals surface area contributed by atoms with Crippen molar-refractivity contribution in [2.45, 2.75) is 16.3 Å². The molecule has 0 N–H and O–H groups in total. The first-order valence-electron chi connectivity index (χ1n) is 6.87. The molecule has 0 saturated carbocycles. The van der Waals surface area contributed by atoms with Gasteiger partial charge in [-0.3, -0.25) is 0 Å². The van der Waals surface area contributed by atoms with Crippen molar-refractivity contribution in [3.8, 4) is 11.5 Å². The predicted molar refractivity (Wildman–Crippen MR) is 88.8 cm³/mol. The summed E-state index contributed by atoms with van der Waals surface area (Å²) in [5, 5.41) is -1.84. The van der Waals surface area contributed by atoms with Crippen LogP contribution in [0.2, 0.25) is 0 Å². The highest BCUT2D eigenvalue weighted by Gasteiger charge is 2.42. The molecule has 2 rings (SSSR count). The minimum absolute atomic E-state index is 0.270. The Morgan fingerprint density at radius 2 is 1.67 bits per heavy atom. The second-order valence-corrected chi connectivity index (χ2v) is 7.07. The summed E-state index contributed by atoms with van der Waals surface area (Å²) >= 11 is -1.49. The number of hydrogen-bond donors (Lipinski definition) is 0. The molecule has 130 valence electrons. The number of methoxy groups -OCH3 is 1. The molecule has 0 radical (unpaired) electrons. The minimum atomic E-state index is -4.50. The van der Waals surface area contributed by atoms with Gasteiger partial charge in [-0.2, -0.15) is 13.2 Å². The fraction of sp³-hybridized carbons (Fsp3) is 0.250. The fourth-order valence-corrected chi connectivity index (χ4v) is 3.95. The normalized spacial score (nSPS) is 14.0. The van der Waals surface area contributed by atoms with E-state index in [0.717, 1.165) is 0 Å². The van der Waals surface area contributed by atoms with Gasteiger partial charge in [0.2, 0.25) is 11.1 Å². The number of thioether (sulfide) groups is 1. The number of ether oxygens (including phenoxy) is 1. The maximum atomic E-state index is 13.2. The summed E-state index contributed by atoms with van der Waals surface area (Å²) in [6.45, 7) is 0. The molecule has 0 bridgehead atoms. The summed E-state index contributed by atoms with van der Waals surface area (Å²) in [6.07, 6.45) is -4.50. The second kappa shape index (κ2) is 8.43. The molecule has 0 heterocycles. The monoisotopic (exact) mass is 376 g/mol. The SMILES string of the molecule is COc1ccc(S[C@H](CS(=O)Oc2ccccc2)C(F)(F)F)cc1. The van der Waals surface area contributed by atoms with Gasteiger partial charge in [-0.25, -0.2) is 4.21 Å². The molecule has 0 aromatic heterocycles. The zero-order chi connectivity index (χ0) is 17.6. The van der Waals surface area contributed by atoms with Crippen LogP contribution in [-0.4, -0.2) is 28.5 Å². The summed E-state index contributed by atoms with van der Waals surface area (Å²) < 4.78 is 61.6. The molecular formula is C16H15F3O3S2. The third-order valence-electron chi connectivity index (χ3n) is 2.92. The van der Waals surface area contributed by atoms with Crippen molar-refractivity contribution < 1.29 is 26.3 Å². The van der Waals surface area contributed by atoms with E-state index < -0.39 is 28.3 Å². The van der Waals surface area contributed by atoms with Gasteiger partial charge in [0.15, 0.2) is 0 Å². The van der Waals surface area contributed by atoms with Crippen molar-refractivity contribution in [1.29, 1.82) is 0 Å². The highest BCUT2D eigenvalue weighted by Crippen LogP contribution is 2.36. The molecule has 1 unspecified atom stereocenters. The molecule has 8 heteroatoms. The molecule has 3 nitrogen and oxygen atoms in total. The third-order valence-corrected chi connectivity index (χ3v) is 5.38. The molecule has 0 fully saturated rings. The van der Waals surface area contributed by atoms with Crippen LogP contribution in [0.4, 0.5) is 13.2 Å². The van der Waals surface area contributed by atoms with E-state index in [1.165, 1.54) is 31.4 Å². The Kier molecular flexibility index (Phi) is 6.56. The van der Waals surface area contributed by atoms with Crippen LogP contribution in [0, 0.1) is 0 Å². The highest BCUT2D eigenvalue weighted by atomic mass is 32.2. The van der Waals surface area contributed by atoms with Crippen LogP contribution in [0.15, 0.2) is 59.5 Å². The van der Waals surface area contributed by atoms with Crippen LogP contribution in [0.3, 0.4) is 0 Å². The first-order chi connectivity index (χ1) is 11.4. The van der Waals surface area contributed by atoms with Crippen molar-refractivity contribution in [2.75, 3.05) is 12.9 Å². The molecule has 24 heavy (non-hydrogen) atoms. The Morgan fingerprint density at radius 3 is 2.21 bits per heavy atom. The predicted octanol–water partition coefficient (Wildman–Crippen LogP) is 4.46. The lowest BCUT2D eigenvalue weighted by Gasteiger charge is -2.19. The van der Waals surface area contributed by atoms with E-state index in [1.54, 1.807) is 30.3 Å². The van der Waals surface area contributed by atoms with Crippen LogP contribution in [0.5, 0.6) is 11.5 Å². The van der Waals surface area contributed by atoms with Crippen molar-refractivity contribution in [3.05, 3.63) is 54.6 Å². The largest absolute Gasteiger partial charge is 0.497 e. The van der Waals surface area contributed by atoms with E-state index in [-0.39, 0.29) is 5.75 Å². The molecule has 0 saturated heterocycles. The van der Waals surface area contributed by atoms with E-state index in [9.17, 15) is 17.4 Å². The maximum absolute atomic E-state index is 13.2. The number of para-hydroxylation sites is 1. The lowest BCUT2D eigenvalue weighted by molar-refractivity contribution is -0.124. The molecular weight excluding hydrogens is 361 g/mol. The molecule has 0 aliphatic rings. The zero-order valence-electron chi connectivity index (χ0n) is 12.7. The van der Waals surface area contributed by atoms with Gasteiger partial charge in [0.25, 0.3) is 0 Å². The highest BCUT2D eigenvalue weighted by molar-refractivity contribution is 8.00. The van der Waals surface area contributed by atoms with Gasteiger partial charge >= 0.3 is 6.18 Å². The molecule has 2 atom stereocenters. The summed E-state index contributed by atoms with van der Waals surface area (Å²) in [7, 11) is 1.48. The number of alkyl halides is 3. The van der Waals surface area contributed by atoms with Crippen LogP contribution < -0.4 is 8.92 Å². The standard InChI is InChI=1S/C16H15F3O3S2/c1-21-12-7-9-14(10-8-12)23-15(16(17,18)19)11-24(20)22-13-5-3-2-4-6-13/h2-10,15H,11H2,1H3/t15-,24?/m1/s1.